The van der Waals surface area contributed by atoms with Gasteiger partial charge in [0, 0.05) is 0 Å². The minimum atomic E-state index is -3.69. The number of hydrogen-bond donors (Lipinski definition) is 0. The maximum Gasteiger partial charge on any atom is 0.152 e. The highest BCUT2D eigenvalue weighted by atomic mass is 32.2. The number of sulfone groups is 3. The summed E-state index contributed by atoms with van der Waals surface area (Å²) < 4.78 is 64.6. The smallest absolute Gasteiger partial charge is 0.152 e. The molecule has 0 unspecified atom stereocenters. The second-order valence-electron chi connectivity index (χ2n) is 3.05. The Morgan fingerprint density at radius 1 is 0.600 bits per heavy atom. The van der Waals surface area contributed by atoms with E-state index in [4.69, 9.17) is 0 Å². The molecule has 0 saturated heterocycles. The summed E-state index contributed by atoms with van der Waals surface area (Å²) in [6, 6.07) is 0. The quantitative estimate of drug-likeness (QED) is 0.604. The fourth-order valence-corrected chi connectivity index (χ4v) is 4.88. The highest BCUT2D eigenvalue weighted by molar-refractivity contribution is 7.97. The Bertz CT molecular complexity index is 453. The fraction of sp³-hybridized carbons (Fsp3) is 0.667. The summed E-state index contributed by atoms with van der Waals surface area (Å²) in [6.07, 6.45) is 5.52. The van der Waals surface area contributed by atoms with E-state index < -0.39 is 52.5 Å². The van der Waals surface area contributed by atoms with Gasteiger partial charge in [0.15, 0.2) is 29.5 Å². The predicted molar refractivity (Wildman–Crippen MR) is 56.9 cm³/mol. The van der Waals surface area contributed by atoms with Gasteiger partial charge in [-0.1, -0.05) is 0 Å². The average Bonchev–Trinajstić information content (AvgIpc) is 1.96. The molecule has 0 aliphatic heterocycles. The van der Waals surface area contributed by atoms with Crippen LogP contribution in [0, 0.1) is 12.5 Å². The molecule has 0 aromatic heterocycles. The van der Waals surface area contributed by atoms with Crippen LogP contribution in [-0.4, -0.2) is 48.3 Å². The Labute approximate surface area is 90.4 Å². The van der Waals surface area contributed by atoms with Gasteiger partial charge in [-0.3, -0.25) is 0 Å². The van der Waals surface area contributed by atoms with Gasteiger partial charge in [-0.05, 0) is 0 Å². The molecular formula is C6H12O6S3. The molecule has 0 aliphatic carbocycles. The van der Waals surface area contributed by atoms with Crippen LogP contribution in [-0.2, 0) is 29.5 Å². The largest absolute Gasteiger partial charge is 0.229 e. The van der Waals surface area contributed by atoms with E-state index in [9.17, 15) is 25.3 Å². The molecule has 2 radical (unpaired) electrons. The van der Waals surface area contributed by atoms with E-state index in [-0.39, 0.29) is 0 Å². The molecule has 0 heterocycles. The zero-order valence-corrected chi connectivity index (χ0v) is 10.4. The maximum absolute atomic E-state index is 11.1. The van der Waals surface area contributed by atoms with Gasteiger partial charge in [-0.25, -0.2) is 25.3 Å². The molecule has 15 heavy (non-hydrogen) atoms. The minimum Gasteiger partial charge on any atom is -0.229 e. The van der Waals surface area contributed by atoms with E-state index in [2.05, 4.69) is 12.5 Å². The van der Waals surface area contributed by atoms with Crippen LogP contribution in [0.1, 0.15) is 0 Å². The summed E-state index contributed by atoms with van der Waals surface area (Å²) in [4.78, 5) is 0. The van der Waals surface area contributed by atoms with Gasteiger partial charge in [-0.2, -0.15) is 0 Å². The Kier molecular flexibility index (Phi) is 4.74. The lowest BCUT2D eigenvalue weighted by Gasteiger charge is -2.02. The van der Waals surface area contributed by atoms with Gasteiger partial charge in [0.25, 0.3) is 0 Å². The standard InChI is InChI=1S/C6H12O6S3/c1-13(7,8)3-5-15(11,12)6-4-14(2,9)10/h1-6H2. The maximum atomic E-state index is 11.1. The average molecular weight is 276 g/mol. The first-order valence-electron chi connectivity index (χ1n) is 3.73. The first-order chi connectivity index (χ1) is 6.41. The Hall–Kier alpha value is -0.150. The van der Waals surface area contributed by atoms with Gasteiger partial charge in [0.05, 0.1) is 35.5 Å². The van der Waals surface area contributed by atoms with Crippen LogP contribution < -0.4 is 0 Å². The number of rotatable bonds is 6. The second-order valence-corrected chi connectivity index (χ2v) is 9.14. The summed E-state index contributed by atoms with van der Waals surface area (Å²) in [5.41, 5.74) is 0. The van der Waals surface area contributed by atoms with Crippen LogP contribution in [0.2, 0.25) is 0 Å². The van der Waals surface area contributed by atoms with Crippen LogP contribution in [0.5, 0.6) is 0 Å². The molecule has 9 heteroatoms. The third kappa shape index (κ3) is 10.1. The van der Waals surface area contributed by atoms with E-state index in [1.54, 1.807) is 0 Å². The van der Waals surface area contributed by atoms with Crippen LogP contribution in [0.4, 0.5) is 0 Å². The van der Waals surface area contributed by atoms with Crippen molar-refractivity contribution in [2.45, 2.75) is 0 Å². The minimum absolute atomic E-state index is 0.605. The molecule has 0 N–H and O–H groups in total. The number of hydrogen-bond acceptors (Lipinski definition) is 6. The van der Waals surface area contributed by atoms with Crippen molar-refractivity contribution < 1.29 is 25.3 Å². The van der Waals surface area contributed by atoms with Crippen molar-refractivity contribution in [3.8, 4) is 0 Å². The molecule has 0 spiro atoms. The van der Waals surface area contributed by atoms with Crippen molar-refractivity contribution in [2.24, 2.45) is 0 Å². The molecule has 0 aromatic rings. The Morgan fingerprint density at radius 3 is 1.07 bits per heavy atom. The highest BCUT2D eigenvalue weighted by Gasteiger charge is 2.17. The highest BCUT2D eigenvalue weighted by Crippen LogP contribution is 1.97. The fourth-order valence-electron chi connectivity index (χ4n) is 0.610. The molecule has 0 aliphatic rings. The van der Waals surface area contributed by atoms with Crippen LogP contribution in [0.25, 0.3) is 0 Å². The van der Waals surface area contributed by atoms with Crippen molar-refractivity contribution >= 4 is 29.5 Å². The molecule has 0 rings (SSSR count). The summed E-state index contributed by atoms with van der Waals surface area (Å²) in [6.45, 7) is 0. The van der Waals surface area contributed by atoms with Gasteiger partial charge >= 0.3 is 0 Å². The third-order valence-corrected chi connectivity index (χ3v) is 5.23. The van der Waals surface area contributed by atoms with Crippen LogP contribution in [0.15, 0.2) is 0 Å². The second kappa shape index (κ2) is 4.79. The molecule has 90 valence electrons. The van der Waals surface area contributed by atoms with Gasteiger partial charge in [-0.15, -0.1) is 0 Å². The van der Waals surface area contributed by atoms with Crippen molar-refractivity contribution in [2.75, 3.05) is 23.0 Å². The lowest BCUT2D eigenvalue weighted by atomic mass is 10.9. The molecule has 0 amide bonds. The third-order valence-electron chi connectivity index (χ3n) is 1.41. The Morgan fingerprint density at radius 2 is 0.867 bits per heavy atom. The summed E-state index contributed by atoms with van der Waals surface area (Å²) in [5.74, 6) is -2.44. The Balaban J connectivity index is 4.35. The van der Waals surface area contributed by atoms with Gasteiger partial charge < -0.3 is 0 Å². The van der Waals surface area contributed by atoms with Crippen molar-refractivity contribution in [3.63, 3.8) is 0 Å². The molecule has 0 fully saturated rings. The normalized spacial score (nSPS) is 14.0. The van der Waals surface area contributed by atoms with Gasteiger partial charge in [0.1, 0.15) is 0 Å². The van der Waals surface area contributed by atoms with Crippen LogP contribution in [0.3, 0.4) is 0 Å². The van der Waals surface area contributed by atoms with E-state index in [1.165, 1.54) is 0 Å². The lowest BCUT2D eigenvalue weighted by Crippen LogP contribution is -2.22. The summed E-state index contributed by atoms with van der Waals surface area (Å²) in [5, 5.41) is 0. The molecule has 0 saturated carbocycles. The monoisotopic (exact) mass is 276 g/mol. The van der Waals surface area contributed by atoms with E-state index in [0.29, 0.717) is 0 Å². The summed E-state index contributed by atoms with van der Waals surface area (Å²) in [7, 11) is -10.9. The first kappa shape index (κ1) is 14.8. The molecular weight excluding hydrogens is 264 g/mol. The first-order valence-corrected chi connectivity index (χ1v) is 9.20. The zero-order chi connectivity index (χ0) is 12.3. The van der Waals surface area contributed by atoms with E-state index in [1.807, 2.05) is 0 Å². The molecule has 0 atom stereocenters. The van der Waals surface area contributed by atoms with Crippen molar-refractivity contribution in [1.82, 2.24) is 0 Å². The SMILES string of the molecule is [CH2]S(=O)(=O)CCS(=O)(=O)CCS([CH2])(=O)=O. The van der Waals surface area contributed by atoms with Crippen molar-refractivity contribution in [3.05, 3.63) is 12.5 Å². The lowest BCUT2D eigenvalue weighted by molar-refractivity contribution is 0.589. The van der Waals surface area contributed by atoms with Crippen molar-refractivity contribution in [1.29, 1.82) is 0 Å². The predicted octanol–water partition coefficient (Wildman–Crippen LogP) is -1.19. The molecule has 0 aromatic carbocycles. The zero-order valence-electron chi connectivity index (χ0n) is 7.92. The topological polar surface area (TPSA) is 102 Å². The molecule has 6 nitrogen and oxygen atoms in total. The van der Waals surface area contributed by atoms with E-state index in [0.717, 1.165) is 0 Å². The molecule has 0 bridgehead atoms. The summed E-state index contributed by atoms with van der Waals surface area (Å²) >= 11 is 0. The van der Waals surface area contributed by atoms with Gasteiger partial charge in [0.2, 0.25) is 0 Å². The van der Waals surface area contributed by atoms with Crippen LogP contribution >= 0.6 is 0 Å². The van der Waals surface area contributed by atoms with E-state index >= 15 is 0 Å².